The van der Waals surface area contributed by atoms with Crippen molar-refractivity contribution in [2.24, 2.45) is 0 Å². The van der Waals surface area contributed by atoms with Crippen LogP contribution in [0.4, 0.5) is 11.6 Å². The molecular weight excluding hydrogens is 304 g/mol. The molecule has 0 spiro atoms. The van der Waals surface area contributed by atoms with Crippen molar-refractivity contribution in [2.45, 2.75) is 13.0 Å². The second kappa shape index (κ2) is 5.73. The smallest absolute Gasteiger partial charge is 0.184 e. The third-order valence-electron chi connectivity index (χ3n) is 3.34. The first-order valence-electron chi connectivity index (χ1n) is 6.69. The Morgan fingerprint density at radius 2 is 2.23 bits per heavy atom. The fraction of sp³-hybridized carbons (Fsp3) is 0.200. The van der Waals surface area contributed by atoms with Gasteiger partial charge in [-0.25, -0.2) is 9.97 Å². The van der Waals surface area contributed by atoms with Crippen molar-refractivity contribution in [3.63, 3.8) is 0 Å². The summed E-state index contributed by atoms with van der Waals surface area (Å²) in [4.78, 5) is 14.1. The molecule has 0 saturated carbocycles. The van der Waals surface area contributed by atoms with E-state index >= 15 is 0 Å². The van der Waals surface area contributed by atoms with Crippen LogP contribution in [0, 0.1) is 0 Å². The minimum atomic E-state index is 0.0694. The van der Waals surface area contributed by atoms with E-state index in [0.29, 0.717) is 27.8 Å². The van der Waals surface area contributed by atoms with Gasteiger partial charge in [-0.1, -0.05) is 11.6 Å². The molecule has 1 aliphatic rings. The SMILES string of the molecule is COc1ccc(Cl)c(-c2ncc(N3OC=CC3C)nc2N)c1. The molecule has 1 aromatic carbocycles. The summed E-state index contributed by atoms with van der Waals surface area (Å²) in [5, 5.41) is 2.15. The molecule has 0 saturated heterocycles. The lowest BCUT2D eigenvalue weighted by atomic mass is 10.1. The number of nitrogen functional groups attached to an aromatic ring is 1. The van der Waals surface area contributed by atoms with Crippen molar-refractivity contribution in [2.75, 3.05) is 17.9 Å². The minimum Gasteiger partial charge on any atom is -0.497 e. The number of methoxy groups -OCH3 is 1. The number of hydrogen-bond donors (Lipinski definition) is 1. The van der Waals surface area contributed by atoms with Gasteiger partial charge in [0.2, 0.25) is 0 Å². The van der Waals surface area contributed by atoms with E-state index in [4.69, 9.17) is 26.9 Å². The topological polar surface area (TPSA) is 73.5 Å². The summed E-state index contributed by atoms with van der Waals surface area (Å²) < 4.78 is 5.21. The quantitative estimate of drug-likeness (QED) is 0.937. The zero-order valence-electron chi connectivity index (χ0n) is 12.2. The molecule has 1 atom stereocenters. The highest BCUT2D eigenvalue weighted by Crippen LogP contribution is 2.33. The first kappa shape index (κ1) is 14.5. The molecule has 2 aromatic rings. The summed E-state index contributed by atoms with van der Waals surface area (Å²) in [5.41, 5.74) is 7.23. The third kappa shape index (κ3) is 2.53. The molecule has 0 amide bonds. The van der Waals surface area contributed by atoms with Crippen LogP contribution in [0.15, 0.2) is 36.7 Å². The zero-order valence-corrected chi connectivity index (χ0v) is 12.9. The Bertz CT molecular complexity index is 735. The van der Waals surface area contributed by atoms with Crippen molar-refractivity contribution in [3.05, 3.63) is 41.8 Å². The van der Waals surface area contributed by atoms with Crippen LogP contribution < -0.4 is 15.5 Å². The Kier molecular flexibility index (Phi) is 3.77. The molecule has 114 valence electrons. The summed E-state index contributed by atoms with van der Waals surface area (Å²) in [5.74, 6) is 1.48. The Hall–Kier alpha value is -2.47. The van der Waals surface area contributed by atoms with Crippen LogP contribution in [0.3, 0.4) is 0 Å². The van der Waals surface area contributed by atoms with Crippen LogP contribution in [-0.2, 0) is 4.84 Å². The molecular formula is C15H15ClN4O2. The van der Waals surface area contributed by atoms with Crippen LogP contribution in [0.1, 0.15) is 6.92 Å². The van der Waals surface area contributed by atoms with Crippen LogP contribution in [0.2, 0.25) is 5.02 Å². The Balaban J connectivity index is 1.99. The van der Waals surface area contributed by atoms with Gasteiger partial charge in [0.05, 0.1) is 24.4 Å². The predicted molar refractivity (Wildman–Crippen MR) is 85.6 cm³/mol. The van der Waals surface area contributed by atoms with Gasteiger partial charge in [-0.05, 0) is 31.2 Å². The van der Waals surface area contributed by atoms with Gasteiger partial charge >= 0.3 is 0 Å². The average molecular weight is 319 g/mol. The van der Waals surface area contributed by atoms with Gasteiger partial charge in [-0.3, -0.25) is 0 Å². The van der Waals surface area contributed by atoms with Crippen molar-refractivity contribution >= 4 is 23.2 Å². The molecule has 2 heterocycles. The molecule has 7 heteroatoms. The molecule has 0 radical (unpaired) electrons. The van der Waals surface area contributed by atoms with Crippen LogP contribution in [0.25, 0.3) is 11.3 Å². The number of benzene rings is 1. The van der Waals surface area contributed by atoms with Crippen LogP contribution in [-0.4, -0.2) is 23.1 Å². The number of nitrogens with two attached hydrogens (primary N) is 1. The molecule has 2 N–H and O–H groups in total. The normalized spacial score (nSPS) is 16.7. The second-order valence-corrected chi connectivity index (χ2v) is 5.22. The second-order valence-electron chi connectivity index (χ2n) is 4.81. The lowest BCUT2D eigenvalue weighted by Gasteiger charge is -2.20. The van der Waals surface area contributed by atoms with E-state index in [0.717, 1.165) is 0 Å². The first-order valence-corrected chi connectivity index (χ1v) is 7.07. The van der Waals surface area contributed by atoms with Crippen molar-refractivity contribution in [1.29, 1.82) is 0 Å². The summed E-state index contributed by atoms with van der Waals surface area (Å²) in [6.45, 7) is 1.98. The molecule has 1 aromatic heterocycles. The van der Waals surface area contributed by atoms with E-state index in [1.54, 1.807) is 42.8 Å². The van der Waals surface area contributed by atoms with Gasteiger partial charge in [-0.2, -0.15) is 5.06 Å². The lowest BCUT2D eigenvalue weighted by Crippen LogP contribution is -2.26. The number of hydroxylamine groups is 1. The predicted octanol–water partition coefficient (Wildman–Crippen LogP) is 3.04. The molecule has 0 aliphatic carbocycles. The number of hydrogen-bond acceptors (Lipinski definition) is 6. The Morgan fingerprint density at radius 3 is 2.86 bits per heavy atom. The molecule has 0 fully saturated rings. The fourth-order valence-electron chi connectivity index (χ4n) is 2.17. The highest BCUT2D eigenvalue weighted by Gasteiger charge is 2.21. The summed E-state index contributed by atoms with van der Waals surface area (Å²) in [6, 6.07) is 5.36. The molecule has 0 bridgehead atoms. The number of nitrogens with zero attached hydrogens (tertiary/aromatic N) is 3. The largest absolute Gasteiger partial charge is 0.497 e. The summed E-state index contributed by atoms with van der Waals surface area (Å²) in [7, 11) is 1.59. The van der Waals surface area contributed by atoms with Crippen molar-refractivity contribution in [1.82, 2.24) is 9.97 Å². The minimum absolute atomic E-state index is 0.0694. The van der Waals surface area contributed by atoms with E-state index in [1.165, 1.54) is 0 Å². The summed E-state index contributed by atoms with van der Waals surface area (Å²) >= 11 is 6.23. The highest BCUT2D eigenvalue weighted by molar-refractivity contribution is 6.33. The van der Waals surface area contributed by atoms with E-state index in [9.17, 15) is 0 Å². The van der Waals surface area contributed by atoms with Gasteiger partial charge in [-0.15, -0.1) is 0 Å². The Morgan fingerprint density at radius 1 is 1.41 bits per heavy atom. The molecule has 1 aliphatic heterocycles. The third-order valence-corrected chi connectivity index (χ3v) is 3.67. The number of ether oxygens (including phenoxy) is 1. The zero-order chi connectivity index (χ0) is 15.7. The first-order chi connectivity index (χ1) is 10.6. The van der Waals surface area contributed by atoms with Crippen LogP contribution in [0.5, 0.6) is 5.75 Å². The van der Waals surface area contributed by atoms with E-state index < -0.39 is 0 Å². The monoisotopic (exact) mass is 318 g/mol. The maximum atomic E-state index is 6.23. The molecule has 1 unspecified atom stereocenters. The van der Waals surface area contributed by atoms with E-state index in [-0.39, 0.29) is 11.9 Å². The van der Waals surface area contributed by atoms with Crippen LogP contribution >= 0.6 is 11.6 Å². The number of anilines is 2. The summed E-state index contributed by atoms with van der Waals surface area (Å²) in [6.07, 6.45) is 5.12. The van der Waals surface area contributed by atoms with Gasteiger partial charge < -0.3 is 15.3 Å². The lowest BCUT2D eigenvalue weighted by molar-refractivity contribution is 0.225. The number of rotatable bonds is 3. The number of halogens is 1. The van der Waals surface area contributed by atoms with Gasteiger partial charge in [0, 0.05) is 5.56 Å². The highest BCUT2D eigenvalue weighted by atomic mass is 35.5. The van der Waals surface area contributed by atoms with Gasteiger partial charge in [0.25, 0.3) is 0 Å². The van der Waals surface area contributed by atoms with Gasteiger partial charge in [0.1, 0.15) is 17.7 Å². The Labute approximate surface area is 133 Å². The van der Waals surface area contributed by atoms with Crippen molar-refractivity contribution < 1.29 is 9.57 Å². The maximum Gasteiger partial charge on any atom is 0.184 e. The molecule has 6 nitrogen and oxygen atoms in total. The van der Waals surface area contributed by atoms with Gasteiger partial charge in [0.15, 0.2) is 11.6 Å². The standard InChI is InChI=1S/C15H15ClN4O2/c1-9-5-6-22-20(9)13-8-18-14(15(17)19-13)11-7-10(21-2)3-4-12(11)16/h3-9H,1-2H3,(H2,17,19). The number of aromatic nitrogens is 2. The maximum absolute atomic E-state index is 6.23. The van der Waals surface area contributed by atoms with E-state index in [1.807, 2.05) is 13.0 Å². The van der Waals surface area contributed by atoms with E-state index in [2.05, 4.69) is 9.97 Å². The molecule has 3 rings (SSSR count). The molecule has 22 heavy (non-hydrogen) atoms. The average Bonchev–Trinajstić information content (AvgIpc) is 2.94. The van der Waals surface area contributed by atoms with Crippen molar-refractivity contribution in [3.8, 4) is 17.0 Å². The fourth-order valence-corrected chi connectivity index (χ4v) is 2.38.